The van der Waals surface area contributed by atoms with Crippen molar-refractivity contribution in [3.05, 3.63) is 51.3 Å². The number of nitrogens with one attached hydrogen (secondary N) is 1. The number of carbonyl (C=O) groups excluding carboxylic acids is 1. The van der Waals surface area contributed by atoms with Crippen molar-refractivity contribution in [2.24, 2.45) is 7.05 Å². The quantitative estimate of drug-likeness (QED) is 0.491. The van der Waals surface area contributed by atoms with Gasteiger partial charge >= 0.3 is 0 Å². The minimum absolute atomic E-state index is 0.0824. The number of hydrogen-bond donors (Lipinski definition) is 1. The molecular formula is C26H29ClN6O3. The number of ether oxygens (including phenoxy) is 1. The standard InChI is InChI=1S/C26H29ClN6O3/c1-4-20(34)16-36-23-14-17-12-19(6-7-22(17)31(3)26(23)35)29-24-21(27)13-18(15-28)25(30-24)33-10-8-32(5-2)9-11-33/h6-7,12-14H,4-5,8-11,16H2,1-3H3,(H,29,30). The number of aromatic nitrogens is 2. The molecule has 188 valence electrons. The number of rotatable bonds is 8. The SMILES string of the molecule is CCC(=O)COc1cc2cc(Nc3nc(N4CCN(CC)CC4)c(C#N)cc3Cl)ccc2n(C)c1=O. The van der Waals surface area contributed by atoms with Gasteiger partial charge in [-0.25, -0.2) is 4.98 Å². The summed E-state index contributed by atoms with van der Waals surface area (Å²) in [5, 5.41) is 14.0. The van der Waals surface area contributed by atoms with Crippen molar-refractivity contribution in [2.45, 2.75) is 20.3 Å². The first-order chi connectivity index (χ1) is 17.3. The molecule has 0 unspecified atom stereocenters. The van der Waals surface area contributed by atoms with Crippen LogP contribution >= 0.6 is 11.6 Å². The summed E-state index contributed by atoms with van der Waals surface area (Å²) >= 11 is 6.49. The van der Waals surface area contributed by atoms with E-state index in [0.29, 0.717) is 39.8 Å². The number of nitriles is 1. The van der Waals surface area contributed by atoms with Gasteiger partial charge in [0, 0.05) is 50.7 Å². The van der Waals surface area contributed by atoms with Gasteiger partial charge in [-0.2, -0.15) is 5.26 Å². The second-order valence-electron chi connectivity index (χ2n) is 8.68. The van der Waals surface area contributed by atoms with Gasteiger partial charge in [0.25, 0.3) is 5.56 Å². The number of fused-ring (bicyclic) bond motifs is 1. The fourth-order valence-electron chi connectivity index (χ4n) is 4.20. The Morgan fingerprint density at radius 2 is 1.94 bits per heavy atom. The number of ketones is 1. The van der Waals surface area contributed by atoms with E-state index in [2.05, 4.69) is 28.1 Å². The van der Waals surface area contributed by atoms with Crippen LogP contribution in [0, 0.1) is 11.3 Å². The second-order valence-corrected chi connectivity index (χ2v) is 9.08. The van der Waals surface area contributed by atoms with Crippen LogP contribution in [0.2, 0.25) is 5.02 Å². The van der Waals surface area contributed by atoms with E-state index in [9.17, 15) is 14.9 Å². The van der Waals surface area contributed by atoms with Crippen LogP contribution in [0.5, 0.6) is 5.75 Å². The van der Waals surface area contributed by atoms with Crippen molar-refractivity contribution in [1.29, 1.82) is 5.26 Å². The maximum atomic E-state index is 12.6. The molecule has 1 N–H and O–H groups in total. The summed E-state index contributed by atoms with van der Waals surface area (Å²) in [7, 11) is 1.66. The van der Waals surface area contributed by atoms with E-state index in [-0.39, 0.29) is 23.7 Å². The van der Waals surface area contributed by atoms with Gasteiger partial charge in [0.15, 0.2) is 17.4 Å². The molecule has 0 bridgehead atoms. The van der Waals surface area contributed by atoms with Crippen LogP contribution in [0.15, 0.2) is 35.1 Å². The van der Waals surface area contributed by atoms with Crippen LogP contribution in [0.3, 0.4) is 0 Å². The van der Waals surface area contributed by atoms with Gasteiger partial charge in [-0.05, 0) is 36.9 Å². The Morgan fingerprint density at radius 1 is 1.19 bits per heavy atom. The molecule has 0 radical (unpaired) electrons. The van der Waals surface area contributed by atoms with Gasteiger partial charge in [-0.3, -0.25) is 9.59 Å². The van der Waals surface area contributed by atoms with Crippen LogP contribution < -0.4 is 20.5 Å². The van der Waals surface area contributed by atoms with Crippen molar-refractivity contribution in [2.75, 3.05) is 49.5 Å². The van der Waals surface area contributed by atoms with Gasteiger partial charge in [0.1, 0.15) is 18.5 Å². The van der Waals surface area contributed by atoms with E-state index in [4.69, 9.17) is 21.3 Å². The lowest BCUT2D eigenvalue weighted by Gasteiger charge is -2.35. The largest absolute Gasteiger partial charge is 0.480 e. The summed E-state index contributed by atoms with van der Waals surface area (Å²) in [6.07, 6.45) is 0.344. The Morgan fingerprint density at radius 3 is 2.61 bits per heavy atom. The summed E-state index contributed by atoms with van der Waals surface area (Å²) in [5.74, 6) is 1.09. The zero-order chi connectivity index (χ0) is 25.8. The second kappa shape index (κ2) is 11.0. The normalized spacial score (nSPS) is 14.0. The van der Waals surface area contributed by atoms with E-state index >= 15 is 0 Å². The molecule has 0 atom stereocenters. The molecule has 3 heterocycles. The molecule has 3 aromatic rings. The van der Waals surface area contributed by atoms with Crippen LogP contribution in [-0.4, -0.2) is 59.6 Å². The number of carbonyl (C=O) groups is 1. The smallest absolute Gasteiger partial charge is 0.293 e. The molecule has 1 saturated heterocycles. The average Bonchev–Trinajstić information content (AvgIpc) is 2.90. The van der Waals surface area contributed by atoms with Crippen molar-refractivity contribution in [3.63, 3.8) is 0 Å². The summed E-state index contributed by atoms with van der Waals surface area (Å²) in [4.78, 5) is 33.5. The molecule has 10 heteroatoms. The lowest BCUT2D eigenvalue weighted by atomic mass is 10.1. The number of hydrogen-bond acceptors (Lipinski definition) is 8. The Hall–Kier alpha value is -3.61. The number of Topliss-reactive ketones (excluding diaryl/α,β-unsaturated/α-hetero) is 1. The van der Waals surface area contributed by atoms with Crippen LogP contribution in [0.4, 0.5) is 17.3 Å². The minimum Gasteiger partial charge on any atom is -0.480 e. The predicted molar refractivity (Wildman–Crippen MR) is 142 cm³/mol. The number of halogens is 1. The molecule has 0 spiro atoms. The highest BCUT2D eigenvalue weighted by molar-refractivity contribution is 6.33. The topological polar surface area (TPSA) is 103 Å². The maximum absolute atomic E-state index is 12.6. The number of anilines is 3. The summed E-state index contributed by atoms with van der Waals surface area (Å²) in [6, 6.07) is 11.0. The maximum Gasteiger partial charge on any atom is 0.293 e. The molecule has 0 amide bonds. The molecule has 0 aliphatic carbocycles. The van der Waals surface area contributed by atoms with Gasteiger partial charge in [0.05, 0.1) is 16.1 Å². The minimum atomic E-state index is -0.309. The zero-order valence-corrected chi connectivity index (χ0v) is 21.4. The number of piperazine rings is 1. The molecule has 1 aliphatic rings. The van der Waals surface area contributed by atoms with Gasteiger partial charge in [0.2, 0.25) is 0 Å². The monoisotopic (exact) mass is 508 g/mol. The van der Waals surface area contributed by atoms with Gasteiger partial charge in [-0.15, -0.1) is 0 Å². The molecular weight excluding hydrogens is 480 g/mol. The fourth-order valence-corrected chi connectivity index (χ4v) is 4.40. The fraction of sp³-hybridized carbons (Fsp3) is 0.385. The Balaban J connectivity index is 1.64. The number of pyridine rings is 2. The van der Waals surface area contributed by atoms with Crippen LogP contribution in [0.1, 0.15) is 25.8 Å². The first-order valence-corrected chi connectivity index (χ1v) is 12.4. The first-order valence-electron chi connectivity index (χ1n) is 12.0. The van der Waals surface area contributed by atoms with Crippen LogP contribution in [0.25, 0.3) is 10.9 Å². The Labute approximate surface area is 214 Å². The lowest BCUT2D eigenvalue weighted by molar-refractivity contribution is -0.120. The van der Waals surface area contributed by atoms with E-state index in [1.54, 1.807) is 26.1 Å². The Bertz CT molecular complexity index is 1390. The van der Waals surface area contributed by atoms with Crippen LogP contribution in [-0.2, 0) is 11.8 Å². The van der Waals surface area contributed by atoms with Crippen molar-refractivity contribution < 1.29 is 9.53 Å². The molecule has 1 aliphatic heterocycles. The summed E-state index contributed by atoms with van der Waals surface area (Å²) < 4.78 is 7.00. The molecule has 1 aromatic carbocycles. The molecule has 1 fully saturated rings. The zero-order valence-electron chi connectivity index (χ0n) is 20.7. The van der Waals surface area contributed by atoms with E-state index in [0.717, 1.165) is 38.1 Å². The van der Waals surface area contributed by atoms with Crippen molar-refractivity contribution >= 4 is 45.6 Å². The average molecular weight is 509 g/mol. The third-order valence-electron chi connectivity index (χ3n) is 6.43. The highest BCUT2D eigenvalue weighted by Crippen LogP contribution is 2.31. The number of likely N-dealkylation sites (N-methyl/N-ethyl adjacent to an activating group) is 1. The summed E-state index contributed by atoms with van der Waals surface area (Å²) in [5.41, 5.74) is 1.55. The molecule has 2 aromatic heterocycles. The molecule has 0 saturated carbocycles. The van der Waals surface area contributed by atoms with E-state index < -0.39 is 0 Å². The number of benzene rings is 1. The van der Waals surface area contributed by atoms with E-state index in [1.807, 2.05) is 18.2 Å². The molecule has 4 rings (SSSR count). The van der Waals surface area contributed by atoms with E-state index in [1.165, 1.54) is 4.57 Å². The highest BCUT2D eigenvalue weighted by atomic mass is 35.5. The highest BCUT2D eigenvalue weighted by Gasteiger charge is 2.21. The van der Waals surface area contributed by atoms with Crippen molar-refractivity contribution in [3.8, 4) is 11.8 Å². The molecule has 9 nitrogen and oxygen atoms in total. The Kier molecular flexibility index (Phi) is 7.77. The summed E-state index contributed by atoms with van der Waals surface area (Å²) in [6.45, 7) is 8.12. The third-order valence-corrected chi connectivity index (χ3v) is 6.72. The van der Waals surface area contributed by atoms with Crippen molar-refractivity contribution in [1.82, 2.24) is 14.5 Å². The number of aryl methyl sites for hydroxylation is 1. The molecule has 36 heavy (non-hydrogen) atoms. The third kappa shape index (κ3) is 5.30. The first kappa shape index (κ1) is 25.5. The lowest BCUT2D eigenvalue weighted by Crippen LogP contribution is -2.46. The predicted octanol–water partition coefficient (Wildman–Crippen LogP) is 3.70. The van der Waals surface area contributed by atoms with Gasteiger partial charge in [-0.1, -0.05) is 25.4 Å². The number of nitrogens with zero attached hydrogens (tertiary/aromatic N) is 5. The van der Waals surface area contributed by atoms with Gasteiger partial charge < -0.3 is 24.4 Å².